The van der Waals surface area contributed by atoms with Crippen LogP contribution in [-0.2, 0) is 23.1 Å². The summed E-state index contributed by atoms with van der Waals surface area (Å²) in [5.74, 6) is -0.406. The van der Waals surface area contributed by atoms with Crippen LogP contribution in [0, 0.1) is 5.82 Å². The Labute approximate surface area is 162 Å². The van der Waals surface area contributed by atoms with Crippen molar-refractivity contribution in [2.45, 2.75) is 18.0 Å². The molecule has 0 bridgehead atoms. The number of halogens is 2. The van der Waals surface area contributed by atoms with Gasteiger partial charge in [-0.15, -0.1) is 0 Å². The summed E-state index contributed by atoms with van der Waals surface area (Å²) in [7, 11) is -3.71. The van der Waals surface area contributed by atoms with Crippen molar-refractivity contribution in [3.05, 3.63) is 89.0 Å². The molecule has 3 aromatic rings. The Bertz CT molecular complexity index is 1040. The van der Waals surface area contributed by atoms with Crippen molar-refractivity contribution in [3.8, 4) is 0 Å². The van der Waals surface area contributed by atoms with Crippen molar-refractivity contribution in [3.63, 3.8) is 0 Å². The van der Waals surface area contributed by atoms with Gasteiger partial charge in [0.25, 0.3) is 0 Å². The van der Waals surface area contributed by atoms with Gasteiger partial charge in [0.1, 0.15) is 11.0 Å². The molecule has 0 unspecified atom stereocenters. The molecule has 5 nitrogen and oxygen atoms in total. The van der Waals surface area contributed by atoms with Gasteiger partial charge in [-0.05, 0) is 47.5 Å². The monoisotopic (exact) mass is 405 g/mol. The molecule has 0 aliphatic carbocycles. The second-order valence-corrected chi connectivity index (χ2v) is 7.98. The second-order valence-electron chi connectivity index (χ2n) is 5.82. The SMILES string of the molecule is O=S(=O)(NCc1cccc(F)c1)c1cccc(CNc2ccnc(Cl)c2)c1. The van der Waals surface area contributed by atoms with E-state index in [2.05, 4.69) is 15.0 Å². The Morgan fingerprint density at radius 2 is 1.70 bits per heavy atom. The molecule has 2 N–H and O–H groups in total. The van der Waals surface area contributed by atoms with E-state index in [4.69, 9.17) is 11.6 Å². The quantitative estimate of drug-likeness (QED) is 0.583. The highest BCUT2D eigenvalue weighted by Crippen LogP contribution is 2.16. The fourth-order valence-electron chi connectivity index (χ4n) is 2.45. The van der Waals surface area contributed by atoms with Crippen molar-refractivity contribution in [2.24, 2.45) is 0 Å². The lowest BCUT2D eigenvalue weighted by atomic mass is 10.2. The average molecular weight is 406 g/mol. The molecule has 0 amide bonds. The van der Waals surface area contributed by atoms with Crippen molar-refractivity contribution in [1.82, 2.24) is 9.71 Å². The van der Waals surface area contributed by atoms with Crippen LogP contribution in [0.5, 0.6) is 0 Å². The van der Waals surface area contributed by atoms with Gasteiger partial charge >= 0.3 is 0 Å². The Hall–Kier alpha value is -2.48. The van der Waals surface area contributed by atoms with Crippen LogP contribution in [0.1, 0.15) is 11.1 Å². The fourth-order valence-corrected chi connectivity index (χ4v) is 3.71. The summed E-state index contributed by atoms with van der Waals surface area (Å²) in [6, 6.07) is 15.9. The predicted octanol–water partition coefficient (Wildman–Crippen LogP) is 3.96. The number of anilines is 1. The number of benzene rings is 2. The van der Waals surface area contributed by atoms with Crippen molar-refractivity contribution >= 4 is 27.3 Å². The summed E-state index contributed by atoms with van der Waals surface area (Å²) in [5.41, 5.74) is 2.12. The van der Waals surface area contributed by atoms with Gasteiger partial charge in [0.2, 0.25) is 10.0 Å². The molecule has 0 aliphatic heterocycles. The minimum absolute atomic E-state index is 0.0120. The van der Waals surface area contributed by atoms with E-state index in [-0.39, 0.29) is 11.4 Å². The van der Waals surface area contributed by atoms with Gasteiger partial charge in [-0.1, -0.05) is 35.9 Å². The number of nitrogens with one attached hydrogen (secondary N) is 2. The summed E-state index contributed by atoms with van der Waals surface area (Å²) in [6.45, 7) is 0.436. The number of nitrogens with zero attached hydrogens (tertiary/aromatic N) is 1. The van der Waals surface area contributed by atoms with Gasteiger partial charge in [0, 0.05) is 25.0 Å². The first kappa shape index (κ1) is 19.3. The Morgan fingerprint density at radius 3 is 2.44 bits per heavy atom. The van der Waals surface area contributed by atoms with Gasteiger partial charge < -0.3 is 5.32 Å². The highest BCUT2D eigenvalue weighted by atomic mass is 35.5. The first-order chi connectivity index (χ1) is 12.9. The van der Waals surface area contributed by atoms with E-state index in [9.17, 15) is 12.8 Å². The largest absolute Gasteiger partial charge is 0.381 e. The van der Waals surface area contributed by atoms with Gasteiger partial charge in [0.15, 0.2) is 0 Å². The van der Waals surface area contributed by atoms with Crippen LogP contribution in [0.4, 0.5) is 10.1 Å². The van der Waals surface area contributed by atoms with Crippen LogP contribution >= 0.6 is 11.6 Å². The highest BCUT2D eigenvalue weighted by Gasteiger charge is 2.14. The van der Waals surface area contributed by atoms with Crippen molar-refractivity contribution < 1.29 is 12.8 Å². The normalized spacial score (nSPS) is 11.3. The molecule has 3 rings (SSSR count). The van der Waals surface area contributed by atoms with Gasteiger partial charge in [-0.3, -0.25) is 0 Å². The lowest BCUT2D eigenvalue weighted by molar-refractivity contribution is 0.580. The molecule has 8 heteroatoms. The standard InChI is InChI=1S/C19H17ClFN3O2S/c20-19-11-17(7-8-22-19)23-12-15-4-2-6-18(10-15)27(25,26)24-13-14-3-1-5-16(21)9-14/h1-11,24H,12-13H2,(H,22,23). The van der Waals surface area contributed by atoms with E-state index in [1.807, 2.05) is 6.07 Å². The molecule has 0 atom stereocenters. The van der Waals surface area contributed by atoms with Crippen LogP contribution in [0.15, 0.2) is 71.8 Å². The molecule has 0 saturated carbocycles. The minimum atomic E-state index is -3.71. The first-order valence-corrected chi connectivity index (χ1v) is 9.97. The minimum Gasteiger partial charge on any atom is -0.381 e. The smallest absolute Gasteiger partial charge is 0.240 e. The van der Waals surface area contributed by atoms with E-state index in [0.29, 0.717) is 17.3 Å². The summed E-state index contributed by atoms with van der Waals surface area (Å²) < 4.78 is 40.7. The summed E-state index contributed by atoms with van der Waals surface area (Å²) in [5, 5.41) is 3.54. The molecule has 140 valence electrons. The van der Waals surface area contributed by atoms with Gasteiger partial charge in [-0.25, -0.2) is 22.5 Å². The highest BCUT2D eigenvalue weighted by molar-refractivity contribution is 7.89. The Kier molecular flexibility index (Phi) is 6.05. The molecule has 0 fully saturated rings. The number of pyridine rings is 1. The third-order valence-corrected chi connectivity index (χ3v) is 5.39. The van der Waals surface area contributed by atoms with E-state index < -0.39 is 15.8 Å². The van der Waals surface area contributed by atoms with E-state index in [1.54, 1.807) is 36.5 Å². The molecule has 0 radical (unpaired) electrons. The van der Waals surface area contributed by atoms with Crippen LogP contribution in [0.2, 0.25) is 5.15 Å². The predicted molar refractivity (Wildman–Crippen MR) is 103 cm³/mol. The van der Waals surface area contributed by atoms with Crippen LogP contribution in [-0.4, -0.2) is 13.4 Å². The van der Waals surface area contributed by atoms with Crippen LogP contribution < -0.4 is 10.0 Å². The number of hydrogen-bond donors (Lipinski definition) is 2. The summed E-state index contributed by atoms with van der Waals surface area (Å²) in [4.78, 5) is 4.05. The Balaban J connectivity index is 1.68. The zero-order valence-electron chi connectivity index (χ0n) is 14.2. The van der Waals surface area contributed by atoms with E-state index >= 15 is 0 Å². The molecular weight excluding hydrogens is 389 g/mol. The molecular formula is C19H17ClFN3O2S. The lowest BCUT2D eigenvalue weighted by Crippen LogP contribution is -2.23. The van der Waals surface area contributed by atoms with Crippen molar-refractivity contribution in [1.29, 1.82) is 0 Å². The number of rotatable bonds is 7. The molecule has 0 aliphatic rings. The number of hydrogen-bond acceptors (Lipinski definition) is 4. The van der Waals surface area contributed by atoms with E-state index in [1.165, 1.54) is 24.3 Å². The second kappa shape index (κ2) is 8.47. The van der Waals surface area contributed by atoms with E-state index in [0.717, 1.165) is 11.3 Å². The summed E-state index contributed by atoms with van der Waals surface area (Å²) >= 11 is 5.84. The third-order valence-electron chi connectivity index (χ3n) is 3.79. The van der Waals surface area contributed by atoms with Crippen LogP contribution in [0.25, 0.3) is 0 Å². The molecule has 0 saturated heterocycles. The zero-order chi connectivity index (χ0) is 19.3. The number of aromatic nitrogens is 1. The average Bonchev–Trinajstić information content (AvgIpc) is 2.65. The third kappa shape index (κ3) is 5.50. The van der Waals surface area contributed by atoms with Crippen LogP contribution in [0.3, 0.4) is 0 Å². The Morgan fingerprint density at radius 1 is 0.963 bits per heavy atom. The lowest BCUT2D eigenvalue weighted by Gasteiger charge is -2.10. The maximum Gasteiger partial charge on any atom is 0.240 e. The molecule has 27 heavy (non-hydrogen) atoms. The molecule has 1 aromatic heterocycles. The van der Waals surface area contributed by atoms with Crippen molar-refractivity contribution in [2.75, 3.05) is 5.32 Å². The summed E-state index contributed by atoms with van der Waals surface area (Å²) in [6.07, 6.45) is 1.59. The van der Waals surface area contributed by atoms with Gasteiger partial charge in [-0.2, -0.15) is 0 Å². The molecule has 1 heterocycles. The maximum atomic E-state index is 13.2. The molecule has 0 spiro atoms. The topological polar surface area (TPSA) is 71.1 Å². The molecule has 2 aromatic carbocycles. The van der Waals surface area contributed by atoms with Gasteiger partial charge in [0.05, 0.1) is 4.90 Å². The zero-order valence-corrected chi connectivity index (χ0v) is 15.8. The first-order valence-electron chi connectivity index (χ1n) is 8.11. The number of sulfonamides is 1. The maximum absolute atomic E-state index is 13.2. The fraction of sp³-hybridized carbons (Fsp3) is 0.105.